The van der Waals surface area contributed by atoms with Gasteiger partial charge in [-0.1, -0.05) is 12.1 Å². The van der Waals surface area contributed by atoms with Crippen molar-refractivity contribution in [1.29, 1.82) is 0 Å². The topological polar surface area (TPSA) is 21.3 Å². The van der Waals surface area contributed by atoms with Crippen molar-refractivity contribution in [2.45, 2.75) is 42.7 Å². The molecule has 0 aromatic heterocycles. The van der Waals surface area contributed by atoms with Crippen LogP contribution < -0.4 is 5.32 Å². The molecule has 0 spiro atoms. The molecule has 1 fully saturated rings. The van der Waals surface area contributed by atoms with Gasteiger partial charge in [0.25, 0.3) is 0 Å². The summed E-state index contributed by atoms with van der Waals surface area (Å²) in [6.45, 7) is 1.87. The fourth-order valence-electron chi connectivity index (χ4n) is 2.89. The number of benzene rings is 1. The molecular formula is C15H20FNOS. The van der Waals surface area contributed by atoms with Crippen LogP contribution in [0.4, 0.5) is 4.39 Å². The lowest BCUT2D eigenvalue weighted by Crippen LogP contribution is -2.27. The van der Waals surface area contributed by atoms with Gasteiger partial charge >= 0.3 is 0 Å². The van der Waals surface area contributed by atoms with Crippen LogP contribution in [0.25, 0.3) is 0 Å². The Hall–Kier alpha value is -0.580. The van der Waals surface area contributed by atoms with E-state index in [4.69, 9.17) is 4.74 Å². The zero-order chi connectivity index (χ0) is 13.1. The Morgan fingerprint density at radius 2 is 2.32 bits per heavy atom. The van der Waals surface area contributed by atoms with Gasteiger partial charge in [0.15, 0.2) is 0 Å². The minimum atomic E-state index is -0.0758. The molecule has 3 rings (SSSR count). The standard InChI is InChI=1S/C15H20FNOS/c16-13-5-1-4-12-14(7-10-19-15(12)13)17-8-6-11-3-2-9-18-11/h1,4-5,11,14,17H,2-3,6-10H2. The predicted octanol–water partition coefficient (Wildman–Crippen LogP) is 3.52. The number of hydrogen-bond donors (Lipinski definition) is 1. The van der Waals surface area contributed by atoms with E-state index in [2.05, 4.69) is 5.32 Å². The second kappa shape index (κ2) is 6.25. The summed E-state index contributed by atoms with van der Waals surface area (Å²) in [7, 11) is 0. The second-order valence-electron chi connectivity index (χ2n) is 5.23. The maximum absolute atomic E-state index is 13.7. The van der Waals surface area contributed by atoms with Crippen molar-refractivity contribution in [3.63, 3.8) is 0 Å². The Morgan fingerprint density at radius 1 is 1.37 bits per heavy atom. The van der Waals surface area contributed by atoms with Crippen molar-refractivity contribution < 1.29 is 9.13 Å². The van der Waals surface area contributed by atoms with Crippen molar-refractivity contribution in [2.75, 3.05) is 18.9 Å². The van der Waals surface area contributed by atoms with Crippen molar-refractivity contribution in [1.82, 2.24) is 5.32 Å². The lowest BCUT2D eigenvalue weighted by Gasteiger charge is -2.26. The molecule has 0 aliphatic carbocycles. The summed E-state index contributed by atoms with van der Waals surface area (Å²) in [4.78, 5) is 0.836. The third-order valence-electron chi connectivity index (χ3n) is 3.91. The van der Waals surface area contributed by atoms with Gasteiger partial charge in [0, 0.05) is 17.5 Å². The smallest absolute Gasteiger partial charge is 0.137 e. The van der Waals surface area contributed by atoms with Gasteiger partial charge in [-0.3, -0.25) is 0 Å². The summed E-state index contributed by atoms with van der Waals surface area (Å²) in [5, 5.41) is 3.57. The maximum Gasteiger partial charge on any atom is 0.137 e. The summed E-state index contributed by atoms with van der Waals surface area (Å²) >= 11 is 1.64. The molecule has 0 saturated carbocycles. The van der Waals surface area contributed by atoms with Gasteiger partial charge in [0.05, 0.1) is 6.10 Å². The molecule has 2 nitrogen and oxygen atoms in total. The molecule has 2 aliphatic heterocycles. The maximum atomic E-state index is 13.7. The molecule has 4 heteroatoms. The SMILES string of the molecule is Fc1cccc2c1SCCC2NCCC1CCCO1. The van der Waals surface area contributed by atoms with E-state index < -0.39 is 0 Å². The van der Waals surface area contributed by atoms with E-state index in [1.165, 1.54) is 12.8 Å². The van der Waals surface area contributed by atoms with E-state index in [9.17, 15) is 4.39 Å². The lowest BCUT2D eigenvalue weighted by molar-refractivity contribution is 0.103. The summed E-state index contributed by atoms with van der Waals surface area (Å²) in [5.74, 6) is 0.916. The van der Waals surface area contributed by atoms with Crippen LogP contribution in [-0.4, -0.2) is 25.0 Å². The van der Waals surface area contributed by atoms with E-state index in [1.54, 1.807) is 17.8 Å². The quantitative estimate of drug-likeness (QED) is 0.912. The number of ether oxygens (including phenoxy) is 1. The van der Waals surface area contributed by atoms with Crippen LogP contribution in [0.2, 0.25) is 0 Å². The number of halogens is 1. The number of thioether (sulfide) groups is 1. The average Bonchev–Trinajstić information content (AvgIpc) is 2.93. The molecule has 0 bridgehead atoms. The zero-order valence-electron chi connectivity index (χ0n) is 11.0. The molecule has 2 heterocycles. The van der Waals surface area contributed by atoms with Crippen LogP contribution >= 0.6 is 11.8 Å². The van der Waals surface area contributed by atoms with Crippen LogP contribution in [0.1, 0.15) is 37.3 Å². The van der Waals surface area contributed by atoms with Gasteiger partial charge < -0.3 is 10.1 Å². The molecule has 1 N–H and O–H groups in total. The van der Waals surface area contributed by atoms with Crippen LogP contribution in [0.5, 0.6) is 0 Å². The van der Waals surface area contributed by atoms with E-state index in [0.717, 1.165) is 42.2 Å². The monoisotopic (exact) mass is 281 g/mol. The Balaban J connectivity index is 1.58. The average molecular weight is 281 g/mol. The van der Waals surface area contributed by atoms with Crippen LogP contribution in [0.3, 0.4) is 0 Å². The largest absolute Gasteiger partial charge is 0.378 e. The molecule has 0 radical (unpaired) electrons. The summed E-state index contributed by atoms with van der Waals surface area (Å²) < 4.78 is 19.4. The van der Waals surface area contributed by atoms with Gasteiger partial charge in [-0.2, -0.15) is 0 Å². The predicted molar refractivity (Wildman–Crippen MR) is 76.1 cm³/mol. The Morgan fingerprint density at radius 3 is 3.16 bits per heavy atom. The summed E-state index contributed by atoms with van der Waals surface area (Å²) in [6, 6.07) is 5.72. The Labute approximate surface area is 118 Å². The third kappa shape index (κ3) is 3.12. The molecule has 0 amide bonds. The number of nitrogens with one attached hydrogen (secondary N) is 1. The first-order valence-electron chi connectivity index (χ1n) is 7.11. The highest BCUT2D eigenvalue weighted by atomic mass is 32.2. The normalized spacial score (nSPS) is 26.4. The molecule has 1 aromatic rings. The third-order valence-corrected chi connectivity index (χ3v) is 5.07. The number of hydrogen-bond acceptors (Lipinski definition) is 3. The molecular weight excluding hydrogens is 261 g/mol. The second-order valence-corrected chi connectivity index (χ2v) is 6.33. The highest BCUT2D eigenvalue weighted by Crippen LogP contribution is 2.37. The zero-order valence-corrected chi connectivity index (χ0v) is 11.8. The Kier molecular flexibility index (Phi) is 4.41. The summed E-state index contributed by atoms with van der Waals surface area (Å²) in [5.41, 5.74) is 1.13. The van der Waals surface area contributed by atoms with Crippen molar-refractivity contribution >= 4 is 11.8 Å². The van der Waals surface area contributed by atoms with Gasteiger partial charge in [0.2, 0.25) is 0 Å². The van der Waals surface area contributed by atoms with E-state index in [0.29, 0.717) is 12.1 Å². The molecule has 104 valence electrons. The molecule has 1 aromatic carbocycles. The molecule has 2 atom stereocenters. The van der Waals surface area contributed by atoms with Crippen LogP contribution in [0, 0.1) is 5.82 Å². The van der Waals surface area contributed by atoms with Crippen LogP contribution in [-0.2, 0) is 4.74 Å². The molecule has 19 heavy (non-hydrogen) atoms. The number of rotatable bonds is 4. The highest BCUT2D eigenvalue weighted by molar-refractivity contribution is 7.99. The molecule has 2 aliphatic rings. The fraction of sp³-hybridized carbons (Fsp3) is 0.600. The van der Waals surface area contributed by atoms with E-state index in [-0.39, 0.29) is 5.82 Å². The summed E-state index contributed by atoms with van der Waals surface area (Å²) in [6.07, 6.45) is 4.95. The van der Waals surface area contributed by atoms with Crippen molar-refractivity contribution in [2.24, 2.45) is 0 Å². The lowest BCUT2D eigenvalue weighted by atomic mass is 10.0. The van der Waals surface area contributed by atoms with Gasteiger partial charge in [-0.25, -0.2) is 4.39 Å². The van der Waals surface area contributed by atoms with E-state index in [1.807, 2.05) is 12.1 Å². The van der Waals surface area contributed by atoms with E-state index >= 15 is 0 Å². The highest BCUT2D eigenvalue weighted by Gasteiger charge is 2.23. The van der Waals surface area contributed by atoms with Crippen molar-refractivity contribution in [3.8, 4) is 0 Å². The fourth-order valence-corrected chi connectivity index (χ4v) is 4.03. The van der Waals surface area contributed by atoms with Crippen LogP contribution in [0.15, 0.2) is 23.1 Å². The minimum absolute atomic E-state index is 0.0758. The molecule has 2 unspecified atom stereocenters. The van der Waals surface area contributed by atoms with Crippen molar-refractivity contribution in [3.05, 3.63) is 29.6 Å². The van der Waals surface area contributed by atoms with Gasteiger partial charge in [-0.05, 0) is 49.6 Å². The minimum Gasteiger partial charge on any atom is -0.378 e. The first-order chi connectivity index (χ1) is 9.34. The number of fused-ring (bicyclic) bond motifs is 1. The first kappa shape index (κ1) is 13.4. The van der Waals surface area contributed by atoms with Gasteiger partial charge in [-0.15, -0.1) is 11.8 Å². The van der Waals surface area contributed by atoms with Gasteiger partial charge in [0.1, 0.15) is 5.82 Å². The first-order valence-corrected chi connectivity index (χ1v) is 8.09. The Bertz CT molecular complexity index is 434. The molecule has 1 saturated heterocycles.